The molecule has 6 nitrogen and oxygen atoms in total. The molecule has 1 aromatic rings. The van der Waals surface area contributed by atoms with Gasteiger partial charge in [0.15, 0.2) is 0 Å². The Balaban J connectivity index is 2.79. The molecule has 0 aliphatic heterocycles. The fourth-order valence-electron chi connectivity index (χ4n) is 1.43. The van der Waals surface area contributed by atoms with Gasteiger partial charge in [-0.1, -0.05) is 0 Å². The minimum Gasteiger partial charge on any atom is -0.384 e. The van der Waals surface area contributed by atoms with Gasteiger partial charge in [-0.15, -0.1) is 0 Å². The lowest BCUT2D eigenvalue weighted by Gasteiger charge is -2.12. The van der Waals surface area contributed by atoms with Crippen LogP contribution in [0.3, 0.4) is 0 Å². The van der Waals surface area contributed by atoms with Gasteiger partial charge in [0, 0.05) is 19.1 Å². The monoisotopic (exact) mass is 280 g/mol. The van der Waals surface area contributed by atoms with Gasteiger partial charge in [0.05, 0.1) is 18.9 Å². The Morgan fingerprint density at radius 2 is 1.89 bits per heavy atom. The van der Waals surface area contributed by atoms with Crippen molar-refractivity contribution in [2.75, 3.05) is 31.8 Å². The first-order valence-corrected chi connectivity index (χ1v) is 5.37. The predicted molar refractivity (Wildman–Crippen MR) is 62.1 cm³/mol. The Morgan fingerprint density at radius 3 is 2.47 bits per heavy atom. The number of ether oxygens (including phenoxy) is 2. The van der Waals surface area contributed by atoms with Crippen LogP contribution in [-0.2, 0) is 22.5 Å². The summed E-state index contributed by atoms with van der Waals surface area (Å²) < 4.78 is 45.4. The van der Waals surface area contributed by atoms with Crippen molar-refractivity contribution in [3.05, 3.63) is 11.3 Å². The summed E-state index contributed by atoms with van der Waals surface area (Å²) in [5.74, 6) is 0.0134. The Bertz CT molecular complexity index is 426. The van der Waals surface area contributed by atoms with Crippen LogP contribution in [0, 0.1) is 0 Å². The second-order valence-corrected chi connectivity index (χ2v) is 3.74. The van der Waals surface area contributed by atoms with Crippen LogP contribution in [-0.4, -0.2) is 36.5 Å². The highest BCUT2D eigenvalue weighted by Crippen LogP contribution is 2.19. The van der Waals surface area contributed by atoms with Crippen molar-refractivity contribution in [1.82, 2.24) is 9.97 Å². The zero-order chi connectivity index (χ0) is 14.5. The van der Waals surface area contributed by atoms with Gasteiger partial charge in [0.1, 0.15) is 12.4 Å². The van der Waals surface area contributed by atoms with Crippen LogP contribution in [0.15, 0.2) is 0 Å². The number of nitrogens with zero attached hydrogens (tertiary/aromatic N) is 2. The lowest BCUT2D eigenvalue weighted by molar-refractivity contribution is -0.176. The molecule has 0 bridgehead atoms. The molecule has 1 heterocycles. The maximum atomic E-state index is 12.0. The highest BCUT2D eigenvalue weighted by Gasteiger charge is 2.27. The third-order valence-electron chi connectivity index (χ3n) is 2.20. The second kappa shape index (κ2) is 6.53. The molecular weight excluding hydrogens is 265 g/mol. The lowest BCUT2D eigenvalue weighted by atomic mass is 10.1. The molecule has 4 N–H and O–H groups in total. The molecule has 0 saturated heterocycles. The number of anilines is 2. The van der Waals surface area contributed by atoms with Gasteiger partial charge in [-0.3, -0.25) is 0 Å². The number of nitrogens with two attached hydrogens (primary N) is 2. The molecule has 0 fully saturated rings. The molecule has 0 aromatic carbocycles. The van der Waals surface area contributed by atoms with Crippen molar-refractivity contribution in [3.63, 3.8) is 0 Å². The zero-order valence-corrected chi connectivity index (χ0v) is 10.3. The molecule has 9 heteroatoms. The maximum absolute atomic E-state index is 12.0. The number of halogens is 3. The second-order valence-electron chi connectivity index (χ2n) is 3.74. The molecule has 1 rings (SSSR count). The molecule has 0 aliphatic carbocycles. The standard InChI is InChI=1S/C10H15F3N4O2/c1-18-3-2-6-7(4-19-5-10(11,12)13)16-9(15)17-8(6)14/h2-5H2,1H3,(H4,14,15,16,17). The smallest absolute Gasteiger partial charge is 0.384 e. The Labute approximate surface area is 107 Å². The number of hydrogen-bond donors (Lipinski definition) is 2. The largest absolute Gasteiger partial charge is 0.411 e. The number of hydrogen-bond acceptors (Lipinski definition) is 6. The molecule has 108 valence electrons. The van der Waals surface area contributed by atoms with Crippen LogP contribution in [0.1, 0.15) is 11.3 Å². The van der Waals surface area contributed by atoms with Crippen molar-refractivity contribution in [3.8, 4) is 0 Å². The minimum atomic E-state index is -4.39. The van der Waals surface area contributed by atoms with E-state index in [1.807, 2.05) is 0 Å². The molecule has 0 aliphatic rings. The van der Waals surface area contributed by atoms with Gasteiger partial charge in [-0.25, -0.2) is 4.98 Å². The van der Waals surface area contributed by atoms with Crippen molar-refractivity contribution in [1.29, 1.82) is 0 Å². The van der Waals surface area contributed by atoms with Crippen LogP contribution < -0.4 is 11.5 Å². The van der Waals surface area contributed by atoms with E-state index >= 15 is 0 Å². The van der Waals surface area contributed by atoms with Crippen LogP contribution in [0.25, 0.3) is 0 Å². The van der Waals surface area contributed by atoms with E-state index in [4.69, 9.17) is 16.2 Å². The molecule has 0 amide bonds. The van der Waals surface area contributed by atoms with Gasteiger partial charge >= 0.3 is 6.18 Å². The van der Waals surface area contributed by atoms with Crippen LogP contribution in [0.2, 0.25) is 0 Å². The Kier molecular flexibility index (Phi) is 5.31. The summed E-state index contributed by atoms with van der Waals surface area (Å²) in [5.41, 5.74) is 11.8. The first-order valence-electron chi connectivity index (χ1n) is 5.37. The number of methoxy groups -OCH3 is 1. The molecular formula is C10H15F3N4O2. The summed E-state index contributed by atoms with van der Waals surface area (Å²) in [6, 6.07) is 0. The fourth-order valence-corrected chi connectivity index (χ4v) is 1.43. The van der Waals surface area contributed by atoms with Crippen LogP contribution >= 0.6 is 0 Å². The summed E-state index contributed by atoms with van der Waals surface area (Å²) in [4.78, 5) is 7.60. The van der Waals surface area contributed by atoms with Crippen molar-refractivity contribution in [2.45, 2.75) is 19.2 Å². The van der Waals surface area contributed by atoms with Crippen molar-refractivity contribution in [2.24, 2.45) is 0 Å². The van der Waals surface area contributed by atoms with Gasteiger partial charge in [0.25, 0.3) is 0 Å². The third kappa shape index (κ3) is 5.26. The molecule has 0 saturated carbocycles. The Hall–Kier alpha value is -1.61. The zero-order valence-electron chi connectivity index (χ0n) is 10.3. The van der Waals surface area contributed by atoms with Gasteiger partial charge < -0.3 is 20.9 Å². The highest BCUT2D eigenvalue weighted by molar-refractivity contribution is 5.45. The number of nitrogen functional groups attached to an aromatic ring is 2. The average Bonchev–Trinajstić information content (AvgIpc) is 2.26. The SMILES string of the molecule is COCCc1c(N)nc(N)nc1COCC(F)(F)F. The first kappa shape index (κ1) is 15.4. The molecule has 0 radical (unpaired) electrons. The van der Waals surface area contributed by atoms with Gasteiger partial charge in [-0.05, 0) is 0 Å². The van der Waals surface area contributed by atoms with Crippen LogP contribution in [0.4, 0.5) is 24.9 Å². The van der Waals surface area contributed by atoms with E-state index in [0.717, 1.165) is 0 Å². The van der Waals surface area contributed by atoms with Crippen molar-refractivity contribution < 1.29 is 22.6 Å². The van der Waals surface area contributed by atoms with E-state index in [1.165, 1.54) is 7.11 Å². The van der Waals surface area contributed by atoms with E-state index < -0.39 is 12.8 Å². The number of alkyl halides is 3. The predicted octanol–water partition coefficient (Wildman–Crippen LogP) is 0.909. The molecule has 19 heavy (non-hydrogen) atoms. The summed E-state index contributed by atoms with van der Waals surface area (Å²) in [5, 5.41) is 0. The molecule has 0 unspecified atom stereocenters. The van der Waals surface area contributed by atoms with E-state index in [1.54, 1.807) is 0 Å². The normalized spacial score (nSPS) is 11.8. The third-order valence-corrected chi connectivity index (χ3v) is 2.20. The van der Waals surface area contributed by atoms with E-state index in [-0.39, 0.29) is 24.1 Å². The fraction of sp³-hybridized carbons (Fsp3) is 0.600. The van der Waals surface area contributed by atoms with Gasteiger partial charge in [0.2, 0.25) is 5.95 Å². The molecule has 0 spiro atoms. The molecule has 1 aromatic heterocycles. The van der Waals surface area contributed by atoms with Crippen molar-refractivity contribution >= 4 is 11.8 Å². The molecule has 0 atom stereocenters. The average molecular weight is 280 g/mol. The summed E-state index contributed by atoms with van der Waals surface area (Å²) in [6.07, 6.45) is -4.02. The Morgan fingerprint density at radius 1 is 1.21 bits per heavy atom. The maximum Gasteiger partial charge on any atom is 0.411 e. The number of aromatic nitrogens is 2. The quantitative estimate of drug-likeness (QED) is 0.804. The summed E-state index contributed by atoms with van der Waals surface area (Å²) in [7, 11) is 1.49. The van der Waals surface area contributed by atoms with E-state index in [2.05, 4.69) is 14.7 Å². The van der Waals surface area contributed by atoms with E-state index in [9.17, 15) is 13.2 Å². The van der Waals surface area contributed by atoms with E-state index in [0.29, 0.717) is 18.6 Å². The topological polar surface area (TPSA) is 96.3 Å². The highest BCUT2D eigenvalue weighted by atomic mass is 19.4. The van der Waals surface area contributed by atoms with Gasteiger partial charge in [-0.2, -0.15) is 18.2 Å². The first-order chi connectivity index (χ1) is 8.83. The minimum absolute atomic E-state index is 0.107. The summed E-state index contributed by atoms with van der Waals surface area (Å²) in [6.45, 7) is -1.36. The van der Waals surface area contributed by atoms with Crippen LogP contribution in [0.5, 0.6) is 0 Å². The lowest BCUT2D eigenvalue weighted by Crippen LogP contribution is -2.18. The number of rotatable bonds is 6. The summed E-state index contributed by atoms with van der Waals surface area (Å²) >= 11 is 0.